The molecular formula is C18H16O3. The maximum atomic E-state index is 11.7. The zero-order chi connectivity index (χ0) is 14.8. The van der Waals surface area contributed by atoms with Gasteiger partial charge in [-0.25, -0.2) is 4.79 Å². The molecule has 1 aliphatic heterocycles. The minimum absolute atomic E-state index is 0.126. The van der Waals surface area contributed by atoms with E-state index >= 15 is 0 Å². The van der Waals surface area contributed by atoms with Crippen molar-refractivity contribution in [1.29, 1.82) is 0 Å². The molecule has 3 nitrogen and oxygen atoms in total. The van der Waals surface area contributed by atoms with Crippen molar-refractivity contribution in [3.8, 4) is 5.75 Å². The molecule has 2 aromatic carbocycles. The van der Waals surface area contributed by atoms with Crippen molar-refractivity contribution in [3.63, 3.8) is 0 Å². The lowest BCUT2D eigenvalue weighted by molar-refractivity contribution is 0.0600. The number of carbonyl (C=O) groups excluding carboxylic acids is 1. The van der Waals surface area contributed by atoms with E-state index in [0.29, 0.717) is 5.56 Å². The van der Waals surface area contributed by atoms with E-state index in [4.69, 9.17) is 9.47 Å². The Morgan fingerprint density at radius 2 is 1.95 bits per heavy atom. The van der Waals surface area contributed by atoms with Crippen LogP contribution in [0.5, 0.6) is 5.75 Å². The second kappa shape index (κ2) is 5.44. The van der Waals surface area contributed by atoms with Crippen molar-refractivity contribution in [1.82, 2.24) is 0 Å². The van der Waals surface area contributed by atoms with Crippen molar-refractivity contribution in [2.75, 3.05) is 7.11 Å². The number of rotatable bonds is 2. The number of hydrogen-bond acceptors (Lipinski definition) is 3. The fourth-order valence-electron chi connectivity index (χ4n) is 2.62. The summed E-state index contributed by atoms with van der Waals surface area (Å²) in [6.07, 6.45) is 1.91. The average molecular weight is 280 g/mol. The molecule has 0 saturated heterocycles. The first-order valence-electron chi connectivity index (χ1n) is 6.85. The first-order chi connectivity index (χ1) is 10.2. The van der Waals surface area contributed by atoms with E-state index in [-0.39, 0.29) is 12.1 Å². The Balaban J connectivity index is 2.03. The Hall–Kier alpha value is -2.55. The van der Waals surface area contributed by atoms with Gasteiger partial charge in [-0.05, 0) is 30.7 Å². The zero-order valence-corrected chi connectivity index (χ0v) is 12.0. The number of benzene rings is 2. The van der Waals surface area contributed by atoms with Crippen LogP contribution in [0.4, 0.5) is 0 Å². The van der Waals surface area contributed by atoms with Gasteiger partial charge in [0.1, 0.15) is 11.9 Å². The van der Waals surface area contributed by atoms with Gasteiger partial charge in [0, 0.05) is 11.1 Å². The van der Waals surface area contributed by atoms with Crippen LogP contribution in [0.25, 0.3) is 5.57 Å². The molecule has 3 rings (SSSR count). The SMILES string of the molecule is C/C=C1\c2cc(C(=O)OC)ccc2OC1c1ccccc1. The second-order valence-electron chi connectivity index (χ2n) is 4.86. The lowest BCUT2D eigenvalue weighted by Crippen LogP contribution is -2.02. The summed E-state index contributed by atoms with van der Waals surface area (Å²) < 4.78 is 10.8. The standard InChI is InChI=1S/C18H16O3/c1-3-14-15-11-13(18(19)20-2)9-10-16(15)21-17(14)12-7-5-4-6-8-12/h3-11,17H,1-2H3/b14-3+. The maximum absolute atomic E-state index is 11.7. The van der Waals surface area contributed by atoms with Gasteiger partial charge in [-0.3, -0.25) is 0 Å². The average Bonchev–Trinajstić information content (AvgIpc) is 2.92. The normalized spacial score (nSPS) is 18.2. The maximum Gasteiger partial charge on any atom is 0.337 e. The molecule has 106 valence electrons. The Morgan fingerprint density at radius 3 is 2.62 bits per heavy atom. The van der Waals surface area contributed by atoms with Gasteiger partial charge in [0.2, 0.25) is 0 Å². The molecule has 0 bridgehead atoms. The number of hydrogen-bond donors (Lipinski definition) is 0. The third-order valence-corrected chi connectivity index (χ3v) is 3.65. The van der Waals surface area contributed by atoms with Gasteiger partial charge in [0.15, 0.2) is 0 Å². The van der Waals surface area contributed by atoms with Crippen LogP contribution in [0, 0.1) is 0 Å². The van der Waals surface area contributed by atoms with E-state index in [1.54, 1.807) is 6.07 Å². The first-order valence-corrected chi connectivity index (χ1v) is 6.85. The summed E-state index contributed by atoms with van der Waals surface area (Å²) in [5.74, 6) is 0.459. The molecule has 2 aromatic rings. The lowest BCUT2D eigenvalue weighted by Gasteiger charge is -2.12. The first kappa shape index (κ1) is 13.4. The van der Waals surface area contributed by atoms with Crippen molar-refractivity contribution in [3.05, 3.63) is 71.3 Å². The van der Waals surface area contributed by atoms with E-state index in [0.717, 1.165) is 22.4 Å². The minimum atomic E-state index is -0.337. The summed E-state index contributed by atoms with van der Waals surface area (Å²) in [6, 6.07) is 15.4. The van der Waals surface area contributed by atoms with E-state index in [1.807, 2.05) is 55.5 Å². The summed E-state index contributed by atoms with van der Waals surface area (Å²) >= 11 is 0. The Kier molecular flexibility index (Phi) is 3.48. The number of ether oxygens (including phenoxy) is 2. The molecule has 0 saturated carbocycles. The lowest BCUT2D eigenvalue weighted by atomic mass is 9.96. The molecule has 0 radical (unpaired) electrons. The molecule has 1 heterocycles. The highest BCUT2D eigenvalue weighted by Crippen LogP contribution is 2.45. The fraction of sp³-hybridized carbons (Fsp3) is 0.167. The van der Waals surface area contributed by atoms with E-state index in [2.05, 4.69) is 0 Å². The summed E-state index contributed by atoms with van der Waals surface area (Å²) in [4.78, 5) is 11.7. The summed E-state index contributed by atoms with van der Waals surface area (Å²) in [6.45, 7) is 1.98. The minimum Gasteiger partial charge on any atom is -0.480 e. The van der Waals surface area contributed by atoms with Crippen LogP contribution in [0.15, 0.2) is 54.6 Å². The number of allylic oxidation sites excluding steroid dienone is 1. The van der Waals surface area contributed by atoms with Gasteiger partial charge in [-0.2, -0.15) is 0 Å². The predicted octanol–water partition coefficient (Wildman–Crippen LogP) is 4.01. The molecule has 0 aromatic heterocycles. The second-order valence-corrected chi connectivity index (χ2v) is 4.86. The molecule has 1 unspecified atom stereocenters. The molecule has 0 aliphatic carbocycles. The number of esters is 1. The molecule has 0 spiro atoms. The summed E-state index contributed by atoms with van der Waals surface area (Å²) in [7, 11) is 1.38. The summed E-state index contributed by atoms with van der Waals surface area (Å²) in [5, 5.41) is 0. The number of fused-ring (bicyclic) bond motifs is 1. The quantitative estimate of drug-likeness (QED) is 0.780. The topological polar surface area (TPSA) is 35.5 Å². The van der Waals surface area contributed by atoms with E-state index in [9.17, 15) is 4.79 Å². The number of methoxy groups -OCH3 is 1. The van der Waals surface area contributed by atoms with Crippen LogP contribution < -0.4 is 4.74 Å². The van der Waals surface area contributed by atoms with Gasteiger partial charge in [0.25, 0.3) is 0 Å². The van der Waals surface area contributed by atoms with Crippen LogP contribution in [-0.4, -0.2) is 13.1 Å². The predicted molar refractivity (Wildman–Crippen MR) is 81.2 cm³/mol. The largest absolute Gasteiger partial charge is 0.480 e. The number of carbonyl (C=O) groups is 1. The van der Waals surface area contributed by atoms with Gasteiger partial charge in [-0.1, -0.05) is 36.4 Å². The zero-order valence-electron chi connectivity index (χ0n) is 12.0. The van der Waals surface area contributed by atoms with Crippen molar-refractivity contribution in [2.24, 2.45) is 0 Å². The molecule has 1 atom stereocenters. The molecule has 21 heavy (non-hydrogen) atoms. The molecule has 0 fully saturated rings. The van der Waals surface area contributed by atoms with Gasteiger partial charge in [0.05, 0.1) is 12.7 Å². The molecule has 0 N–H and O–H groups in total. The third kappa shape index (κ3) is 2.31. The smallest absolute Gasteiger partial charge is 0.337 e. The van der Waals surface area contributed by atoms with Gasteiger partial charge >= 0.3 is 5.97 Å². The molecule has 3 heteroatoms. The van der Waals surface area contributed by atoms with Crippen molar-refractivity contribution in [2.45, 2.75) is 13.0 Å². The van der Waals surface area contributed by atoms with Crippen LogP contribution in [0.3, 0.4) is 0 Å². The van der Waals surface area contributed by atoms with Crippen molar-refractivity contribution >= 4 is 11.5 Å². The van der Waals surface area contributed by atoms with Crippen LogP contribution >= 0.6 is 0 Å². The summed E-state index contributed by atoms with van der Waals surface area (Å²) in [5.41, 5.74) is 3.66. The third-order valence-electron chi connectivity index (χ3n) is 3.65. The van der Waals surface area contributed by atoms with Crippen LogP contribution in [0.2, 0.25) is 0 Å². The van der Waals surface area contributed by atoms with E-state index < -0.39 is 0 Å². The van der Waals surface area contributed by atoms with Gasteiger partial charge < -0.3 is 9.47 Å². The highest BCUT2D eigenvalue weighted by Gasteiger charge is 2.30. The van der Waals surface area contributed by atoms with Crippen molar-refractivity contribution < 1.29 is 14.3 Å². The molecule has 0 amide bonds. The Labute approximate surface area is 123 Å². The Bertz CT molecular complexity index is 702. The highest BCUT2D eigenvalue weighted by molar-refractivity contribution is 5.92. The monoisotopic (exact) mass is 280 g/mol. The van der Waals surface area contributed by atoms with Crippen LogP contribution in [-0.2, 0) is 4.74 Å². The molecule has 1 aliphatic rings. The van der Waals surface area contributed by atoms with Gasteiger partial charge in [-0.15, -0.1) is 0 Å². The van der Waals surface area contributed by atoms with Crippen LogP contribution in [0.1, 0.15) is 34.5 Å². The fourth-order valence-corrected chi connectivity index (χ4v) is 2.62. The highest BCUT2D eigenvalue weighted by atomic mass is 16.5. The molecular weight excluding hydrogens is 264 g/mol. The Morgan fingerprint density at radius 1 is 1.19 bits per heavy atom. The van der Waals surface area contributed by atoms with E-state index in [1.165, 1.54) is 7.11 Å².